The van der Waals surface area contributed by atoms with Crippen molar-refractivity contribution in [1.82, 2.24) is 25.2 Å². The number of pyridine rings is 1. The van der Waals surface area contributed by atoms with Gasteiger partial charge in [-0.3, -0.25) is 14.5 Å². The molecule has 28 heavy (non-hydrogen) atoms. The Labute approximate surface area is 157 Å². The smallest absolute Gasteiger partial charge is 0.359 e. The number of amides is 1. The van der Waals surface area contributed by atoms with Crippen LogP contribution in [0, 0.1) is 0 Å². The van der Waals surface area contributed by atoms with Crippen LogP contribution in [-0.4, -0.2) is 25.8 Å². The fourth-order valence-corrected chi connectivity index (χ4v) is 2.51. The number of halogens is 3. The summed E-state index contributed by atoms with van der Waals surface area (Å²) in [5.74, 6) is -0.368. The van der Waals surface area contributed by atoms with Crippen molar-refractivity contribution in [3.05, 3.63) is 59.9 Å². The lowest BCUT2D eigenvalue weighted by molar-refractivity contribution is -0.141. The van der Waals surface area contributed by atoms with Crippen LogP contribution in [0.25, 0.3) is 17.3 Å². The molecule has 3 aromatic heterocycles. The Bertz CT molecular complexity index is 1020. The largest absolute Gasteiger partial charge is 0.435 e. The first kappa shape index (κ1) is 19.3. The van der Waals surface area contributed by atoms with Gasteiger partial charge in [0.05, 0.1) is 11.7 Å². The number of hydrogen-bond donors (Lipinski definition) is 1. The van der Waals surface area contributed by atoms with Crippen LogP contribution < -0.4 is 5.32 Å². The van der Waals surface area contributed by atoms with Crippen molar-refractivity contribution in [3.63, 3.8) is 0 Å². The van der Waals surface area contributed by atoms with Crippen molar-refractivity contribution in [1.29, 1.82) is 0 Å². The van der Waals surface area contributed by atoms with Gasteiger partial charge in [0.15, 0.2) is 11.5 Å². The van der Waals surface area contributed by atoms with E-state index in [0.717, 1.165) is 10.2 Å². The first-order valence-corrected chi connectivity index (χ1v) is 8.16. The Balaban J connectivity index is 1.76. The van der Waals surface area contributed by atoms with Crippen molar-refractivity contribution < 1.29 is 22.5 Å². The molecule has 0 spiro atoms. The van der Waals surface area contributed by atoms with Gasteiger partial charge in [-0.2, -0.15) is 18.3 Å². The molecule has 1 N–H and O–H groups in total. The maximum Gasteiger partial charge on any atom is 0.435 e. The lowest BCUT2D eigenvalue weighted by atomic mass is 10.1. The highest BCUT2D eigenvalue weighted by Crippen LogP contribution is 2.28. The van der Waals surface area contributed by atoms with Gasteiger partial charge in [0.25, 0.3) is 5.91 Å². The summed E-state index contributed by atoms with van der Waals surface area (Å²) >= 11 is 0. The fraction of sp³-hybridized carbons (Fsp3) is 0.222. The summed E-state index contributed by atoms with van der Waals surface area (Å²) in [4.78, 5) is 16.4. The summed E-state index contributed by atoms with van der Waals surface area (Å²) < 4.78 is 44.4. The molecule has 0 bridgehead atoms. The monoisotopic (exact) mass is 391 g/mol. The molecular formula is C18H16F3N5O2. The van der Waals surface area contributed by atoms with Crippen LogP contribution in [0.5, 0.6) is 0 Å². The summed E-state index contributed by atoms with van der Waals surface area (Å²) in [6.07, 6.45) is -1.43. The van der Waals surface area contributed by atoms with Gasteiger partial charge in [0.2, 0.25) is 0 Å². The second kappa shape index (κ2) is 7.29. The van der Waals surface area contributed by atoms with E-state index in [2.05, 4.69) is 27.1 Å². The summed E-state index contributed by atoms with van der Waals surface area (Å²) in [6.45, 7) is 5.28. The molecule has 3 rings (SSSR count). The van der Waals surface area contributed by atoms with E-state index >= 15 is 0 Å². The lowest BCUT2D eigenvalue weighted by Crippen LogP contribution is -2.28. The average molecular weight is 391 g/mol. The molecule has 0 fully saturated rings. The molecule has 146 valence electrons. The minimum Gasteiger partial charge on any atom is -0.359 e. The molecule has 7 nitrogen and oxygen atoms in total. The van der Waals surface area contributed by atoms with Gasteiger partial charge < -0.3 is 9.84 Å². The Morgan fingerprint density at radius 1 is 1.36 bits per heavy atom. The average Bonchev–Trinajstić information content (AvgIpc) is 3.28. The molecule has 1 atom stereocenters. The third kappa shape index (κ3) is 3.95. The van der Waals surface area contributed by atoms with E-state index in [4.69, 9.17) is 4.52 Å². The van der Waals surface area contributed by atoms with Crippen molar-refractivity contribution in [2.75, 3.05) is 0 Å². The molecule has 0 aliphatic carbocycles. The number of alkyl halides is 3. The number of hydrogen-bond acceptors (Lipinski definition) is 5. The van der Waals surface area contributed by atoms with E-state index in [-0.39, 0.29) is 5.69 Å². The van der Waals surface area contributed by atoms with Crippen molar-refractivity contribution in [3.8, 4) is 11.3 Å². The molecule has 0 aliphatic heterocycles. The van der Waals surface area contributed by atoms with Crippen LogP contribution >= 0.6 is 0 Å². The van der Waals surface area contributed by atoms with Crippen LogP contribution in [0.3, 0.4) is 0 Å². The van der Waals surface area contributed by atoms with E-state index < -0.39 is 23.8 Å². The van der Waals surface area contributed by atoms with Crippen LogP contribution in [-0.2, 0) is 13.2 Å². The van der Waals surface area contributed by atoms with Crippen molar-refractivity contribution >= 4 is 12.0 Å². The molecule has 0 saturated heterocycles. The first-order chi connectivity index (χ1) is 13.2. The minimum absolute atomic E-state index is 0.219. The van der Waals surface area contributed by atoms with E-state index in [1.807, 2.05) is 0 Å². The normalized spacial score (nSPS) is 12.6. The number of carbonyl (C=O) groups is 1. The molecule has 0 radical (unpaired) electrons. The number of aryl methyl sites for hydroxylation is 1. The Morgan fingerprint density at radius 3 is 2.75 bits per heavy atom. The molecule has 3 aromatic rings. The number of aromatic nitrogens is 4. The predicted molar refractivity (Wildman–Crippen MR) is 93.9 cm³/mol. The van der Waals surface area contributed by atoms with Gasteiger partial charge in [-0.25, -0.2) is 0 Å². The van der Waals surface area contributed by atoms with Gasteiger partial charge >= 0.3 is 6.18 Å². The highest BCUT2D eigenvalue weighted by molar-refractivity contribution is 5.92. The second-order valence-electron chi connectivity index (χ2n) is 6.02. The molecule has 10 heteroatoms. The molecule has 0 saturated carbocycles. The zero-order valence-corrected chi connectivity index (χ0v) is 15.0. The summed E-state index contributed by atoms with van der Waals surface area (Å²) in [7, 11) is 1.27. The quantitative estimate of drug-likeness (QED) is 0.718. The standard InChI is InChI=1S/C18H16F3N5O2/c1-4-12-7-11(5-6-22-12)13-8-15(28-25-13)10(2)23-17(27)14-9-16(18(19,20)21)24-26(14)3/h4-10H,1H2,2-3H3,(H,23,27)/t10-/m0/s1. The molecule has 1 amide bonds. The van der Waals surface area contributed by atoms with Gasteiger partial charge in [-0.05, 0) is 25.1 Å². The maximum absolute atomic E-state index is 12.7. The highest BCUT2D eigenvalue weighted by Gasteiger charge is 2.35. The topological polar surface area (TPSA) is 85.8 Å². The number of nitrogens with zero attached hydrogens (tertiary/aromatic N) is 4. The van der Waals surface area contributed by atoms with E-state index in [9.17, 15) is 18.0 Å². The van der Waals surface area contributed by atoms with E-state index in [1.54, 1.807) is 37.4 Å². The SMILES string of the molecule is C=Cc1cc(-c2cc([C@H](C)NC(=O)c3cc(C(F)(F)F)nn3C)on2)ccn1. The lowest BCUT2D eigenvalue weighted by Gasteiger charge is -2.10. The number of rotatable bonds is 5. The van der Waals surface area contributed by atoms with Crippen LogP contribution in [0.15, 0.2) is 41.6 Å². The van der Waals surface area contributed by atoms with Gasteiger partial charge in [-0.15, -0.1) is 0 Å². The molecule has 0 unspecified atom stereocenters. The molecular weight excluding hydrogens is 375 g/mol. The zero-order valence-electron chi connectivity index (χ0n) is 15.0. The van der Waals surface area contributed by atoms with Crippen molar-refractivity contribution in [2.24, 2.45) is 7.05 Å². The summed E-state index contributed by atoms with van der Waals surface area (Å²) in [5, 5.41) is 9.86. The summed E-state index contributed by atoms with van der Waals surface area (Å²) in [6, 6.07) is 5.22. The maximum atomic E-state index is 12.7. The van der Waals surface area contributed by atoms with Crippen molar-refractivity contribution in [2.45, 2.75) is 19.1 Å². The van der Waals surface area contributed by atoms with E-state index in [0.29, 0.717) is 23.2 Å². The van der Waals surface area contributed by atoms with Crippen LogP contribution in [0.4, 0.5) is 13.2 Å². The van der Waals surface area contributed by atoms with Gasteiger partial charge in [0, 0.05) is 30.9 Å². The predicted octanol–water partition coefficient (Wildman–Crippen LogP) is 3.62. The molecule has 0 aromatic carbocycles. The molecule has 3 heterocycles. The second-order valence-corrected chi connectivity index (χ2v) is 6.02. The van der Waals surface area contributed by atoms with Gasteiger partial charge in [0.1, 0.15) is 11.4 Å². The number of carbonyl (C=O) groups excluding carboxylic acids is 1. The fourth-order valence-electron chi connectivity index (χ4n) is 2.51. The van der Waals surface area contributed by atoms with Crippen LogP contribution in [0.1, 0.15) is 40.6 Å². The minimum atomic E-state index is -4.63. The third-order valence-electron chi connectivity index (χ3n) is 3.99. The first-order valence-electron chi connectivity index (χ1n) is 8.16. The van der Waals surface area contributed by atoms with Gasteiger partial charge in [-0.1, -0.05) is 11.7 Å². The number of nitrogens with one attached hydrogen (secondary N) is 1. The Morgan fingerprint density at radius 2 is 2.11 bits per heavy atom. The summed E-state index contributed by atoms with van der Waals surface area (Å²) in [5.41, 5.74) is 0.593. The Hall–Kier alpha value is -3.43. The van der Waals surface area contributed by atoms with Crippen LogP contribution in [0.2, 0.25) is 0 Å². The Kier molecular flexibility index (Phi) is 5.04. The van der Waals surface area contributed by atoms with E-state index in [1.165, 1.54) is 7.05 Å². The third-order valence-corrected chi connectivity index (χ3v) is 3.99. The molecule has 0 aliphatic rings. The highest BCUT2D eigenvalue weighted by atomic mass is 19.4. The zero-order chi connectivity index (χ0) is 20.5.